The average Bonchev–Trinajstić information content (AvgIpc) is 3.45. The van der Waals surface area contributed by atoms with Crippen molar-refractivity contribution in [3.63, 3.8) is 0 Å². The van der Waals surface area contributed by atoms with Gasteiger partial charge in [-0.05, 0) is 324 Å². The van der Waals surface area contributed by atoms with E-state index in [-0.39, 0.29) is 6.54 Å². The van der Waals surface area contributed by atoms with E-state index < -0.39 is 5.97 Å². The van der Waals surface area contributed by atoms with Crippen LogP contribution < -0.4 is 69.1 Å². The molecule has 0 saturated heterocycles. The van der Waals surface area contributed by atoms with Gasteiger partial charge < -0.3 is 74.2 Å². The van der Waals surface area contributed by atoms with Crippen LogP contribution in [0.1, 0.15) is 238 Å². The van der Waals surface area contributed by atoms with Gasteiger partial charge in [0, 0.05) is 0 Å². The van der Waals surface area contributed by atoms with E-state index in [1.807, 2.05) is 0 Å². The molecule has 474 valence electrons. The zero-order valence-corrected chi connectivity index (χ0v) is 52.7. The predicted molar refractivity (Wildman–Crippen MR) is 347 cm³/mol. The highest BCUT2D eigenvalue weighted by Gasteiger charge is 2.00. The summed E-state index contributed by atoms with van der Waals surface area (Å²) in [7, 11) is 0. The second-order valence-electron chi connectivity index (χ2n) is 22.9. The summed E-state index contributed by atoms with van der Waals surface area (Å²) in [5.41, 5.74) is 0. The van der Waals surface area contributed by atoms with Gasteiger partial charge in [-0.25, -0.2) is 0 Å². The van der Waals surface area contributed by atoms with Gasteiger partial charge in [-0.2, -0.15) is 0 Å². The summed E-state index contributed by atoms with van der Waals surface area (Å²) in [5.74, 6) is -0.787. The maximum atomic E-state index is 10.5. The molecule has 79 heavy (non-hydrogen) atoms. The topological polar surface area (TPSA) is 194 Å². The molecule has 0 aromatic heterocycles. The number of carboxylic acid groups (broad SMARTS) is 1. The molecule has 0 aromatic rings. The minimum atomic E-state index is -0.787. The van der Waals surface area contributed by atoms with Gasteiger partial charge in [0.2, 0.25) is 0 Å². The van der Waals surface area contributed by atoms with Gasteiger partial charge in [-0.3, -0.25) is 4.79 Å². The maximum absolute atomic E-state index is 10.5. The van der Waals surface area contributed by atoms with Gasteiger partial charge in [0.1, 0.15) is 0 Å². The Morgan fingerprint density at radius 1 is 0.190 bits per heavy atom. The molecule has 0 spiro atoms. The third-order valence-electron chi connectivity index (χ3n) is 15.0. The lowest BCUT2D eigenvalue weighted by Gasteiger charge is -2.08. The summed E-state index contributed by atoms with van der Waals surface area (Å²) >= 11 is 0. The van der Waals surface area contributed by atoms with Crippen molar-refractivity contribution in [1.82, 2.24) is 69.1 Å². The Labute approximate surface area is 491 Å². The lowest BCUT2D eigenvalue weighted by atomic mass is 10.1. The van der Waals surface area contributed by atoms with Crippen LogP contribution in [0.25, 0.3) is 0 Å². The highest BCUT2D eigenvalue weighted by Crippen LogP contribution is 2.12. The zero-order valence-electron chi connectivity index (χ0n) is 52.7. The number of hydrogen-bond donors (Lipinski definition) is 14. The molecule has 0 bridgehead atoms. The minimum absolute atomic E-state index is 0.0592. The molecule has 0 radical (unpaired) electrons. The third kappa shape index (κ3) is 77.0. The molecule has 0 aromatic carbocycles. The summed E-state index contributed by atoms with van der Waals surface area (Å²) < 4.78 is 0. The van der Waals surface area contributed by atoms with E-state index >= 15 is 0 Å². The lowest BCUT2D eigenvalue weighted by Crippen LogP contribution is -2.25. The van der Waals surface area contributed by atoms with Crippen LogP contribution in [0.5, 0.6) is 0 Å². The molecule has 0 amide bonds. The molecule has 0 aliphatic carbocycles. The van der Waals surface area contributed by atoms with Crippen molar-refractivity contribution in [2.45, 2.75) is 238 Å². The Kier molecular flexibility index (Phi) is 74.0. The Morgan fingerprint density at radius 2 is 0.304 bits per heavy atom. The van der Waals surface area contributed by atoms with Gasteiger partial charge in [0.05, 0.1) is 6.54 Å². The normalized spacial score (nSPS) is 11.7. The molecule has 0 saturated carbocycles. The Balaban J connectivity index is 3.08. The van der Waals surface area contributed by atoms with E-state index in [0.717, 1.165) is 157 Å². The highest BCUT2D eigenvalue weighted by atomic mass is 16.4. The second-order valence-corrected chi connectivity index (χ2v) is 22.9. The zero-order chi connectivity index (χ0) is 56.6. The monoisotopic (exact) mass is 1120 g/mol. The standard InChI is InChI=1S/C64H141N13O2/c1-2-3-4-5-6-7-8-9-10-11-12-13-38-65-39-14-15-40-66-41-16-17-42-67-43-18-19-44-68-45-20-21-46-69-47-22-23-48-70-49-24-25-50-71-51-26-27-52-72-53-28-29-54-73-55-30-31-56-74-57-32-33-58-75-59-34-35-60-76-61-36-37-62-77-63-64(78)79/h65-77H,2-63H2,1H3,(H,78,79). The van der Waals surface area contributed by atoms with Crippen molar-refractivity contribution in [3.05, 3.63) is 0 Å². The molecule has 0 unspecified atom stereocenters. The summed E-state index contributed by atoms with van der Waals surface area (Å²) in [6.45, 7) is 30.5. The van der Waals surface area contributed by atoms with Gasteiger partial charge >= 0.3 is 5.97 Å². The summed E-state index contributed by atoms with van der Waals surface area (Å²) in [5, 5.41) is 55.0. The first-order valence-corrected chi connectivity index (χ1v) is 34.7. The van der Waals surface area contributed by atoms with Crippen molar-refractivity contribution in [1.29, 1.82) is 0 Å². The van der Waals surface area contributed by atoms with Crippen molar-refractivity contribution in [2.24, 2.45) is 0 Å². The SMILES string of the molecule is CCCCCCCCCCCCCCNCCCCNCCCCNCCCCNCCCCNCCCCNCCCCNCCCCNCCCCNCCCCNCCCCNCCCCNCCCCNCC(=O)O. The van der Waals surface area contributed by atoms with Crippen LogP contribution >= 0.6 is 0 Å². The number of aliphatic carboxylic acids is 1. The second kappa shape index (κ2) is 75.0. The molecule has 0 aliphatic rings. The van der Waals surface area contributed by atoms with Gasteiger partial charge in [-0.15, -0.1) is 0 Å². The first kappa shape index (κ1) is 78.0. The number of unbranched alkanes of at least 4 members (excludes halogenated alkanes) is 23. The molecule has 14 N–H and O–H groups in total. The van der Waals surface area contributed by atoms with E-state index in [9.17, 15) is 4.79 Å². The van der Waals surface area contributed by atoms with E-state index in [2.05, 4.69) is 76.0 Å². The minimum Gasteiger partial charge on any atom is -0.480 e. The molecular weight excluding hydrogens is 983 g/mol. The summed E-state index contributed by atoms with van der Waals surface area (Å²) in [6, 6.07) is 0. The number of carboxylic acids is 1. The summed E-state index contributed by atoms with van der Waals surface area (Å²) in [6.07, 6.45) is 47.0. The van der Waals surface area contributed by atoms with Crippen molar-refractivity contribution >= 4 is 5.97 Å². The summed E-state index contributed by atoms with van der Waals surface area (Å²) in [4.78, 5) is 10.5. The van der Waals surface area contributed by atoms with Crippen LogP contribution in [-0.2, 0) is 4.79 Å². The van der Waals surface area contributed by atoms with E-state index in [1.165, 1.54) is 238 Å². The predicted octanol–water partition coefficient (Wildman–Crippen LogP) is 8.80. The lowest BCUT2D eigenvalue weighted by molar-refractivity contribution is -0.135. The van der Waals surface area contributed by atoms with Crippen molar-refractivity contribution in [2.75, 3.05) is 170 Å². The molecule has 0 fully saturated rings. The molecular formula is C64H141N13O2. The van der Waals surface area contributed by atoms with Crippen molar-refractivity contribution in [3.8, 4) is 0 Å². The molecule has 15 heteroatoms. The fourth-order valence-corrected chi connectivity index (χ4v) is 9.79. The van der Waals surface area contributed by atoms with Crippen LogP contribution in [0.15, 0.2) is 0 Å². The maximum Gasteiger partial charge on any atom is 0.317 e. The van der Waals surface area contributed by atoms with E-state index in [0.29, 0.717) is 0 Å². The number of nitrogens with one attached hydrogen (secondary N) is 13. The fraction of sp³-hybridized carbons (Fsp3) is 0.984. The first-order valence-electron chi connectivity index (χ1n) is 34.7. The van der Waals surface area contributed by atoms with E-state index in [1.54, 1.807) is 0 Å². The highest BCUT2D eigenvalue weighted by molar-refractivity contribution is 5.68. The van der Waals surface area contributed by atoms with Crippen LogP contribution in [-0.4, -0.2) is 181 Å². The quantitative estimate of drug-likeness (QED) is 0.0258. The Morgan fingerprint density at radius 3 is 0.443 bits per heavy atom. The molecule has 0 heterocycles. The van der Waals surface area contributed by atoms with Crippen LogP contribution in [0.4, 0.5) is 0 Å². The van der Waals surface area contributed by atoms with Gasteiger partial charge in [0.15, 0.2) is 0 Å². The van der Waals surface area contributed by atoms with Gasteiger partial charge in [-0.1, -0.05) is 77.6 Å². The molecule has 15 nitrogen and oxygen atoms in total. The van der Waals surface area contributed by atoms with Gasteiger partial charge in [0.25, 0.3) is 0 Å². The molecule has 0 atom stereocenters. The van der Waals surface area contributed by atoms with Crippen LogP contribution in [0.2, 0.25) is 0 Å². The Bertz CT molecular complexity index is 1090. The molecule has 0 rings (SSSR count). The number of carbonyl (C=O) groups is 1. The van der Waals surface area contributed by atoms with Crippen LogP contribution in [0, 0.1) is 0 Å². The first-order chi connectivity index (χ1) is 39.3. The van der Waals surface area contributed by atoms with Crippen LogP contribution in [0.3, 0.4) is 0 Å². The fourth-order valence-electron chi connectivity index (χ4n) is 9.79. The smallest absolute Gasteiger partial charge is 0.317 e. The largest absolute Gasteiger partial charge is 0.480 e. The Hall–Kier alpha value is -1.05. The average molecular weight is 1120 g/mol. The van der Waals surface area contributed by atoms with E-state index in [4.69, 9.17) is 5.11 Å². The molecule has 0 aliphatic heterocycles. The van der Waals surface area contributed by atoms with Crippen molar-refractivity contribution < 1.29 is 9.90 Å². The number of hydrogen-bond acceptors (Lipinski definition) is 14. The number of rotatable bonds is 75. The third-order valence-corrected chi connectivity index (χ3v) is 15.0.